The number of para-hydroxylation sites is 1. The smallest absolute Gasteiger partial charge is 0.229 e. The molecule has 2 aromatic heterocycles. The Morgan fingerprint density at radius 1 is 1.21 bits per heavy atom. The molecular weight excluding hydrogens is 304 g/mol. The third kappa shape index (κ3) is 3.21. The van der Waals surface area contributed by atoms with Gasteiger partial charge in [-0.25, -0.2) is 4.68 Å². The molecule has 0 radical (unpaired) electrons. The lowest BCUT2D eigenvalue weighted by molar-refractivity contribution is 0.280. The van der Waals surface area contributed by atoms with Gasteiger partial charge in [-0.2, -0.15) is 4.98 Å². The Kier molecular flexibility index (Phi) is 4.08. The van der Waals surface area contributed by atoms with Gasteiger partial charge in [-0.05, 0) is 32.0 Å². The van der Waals surface area contributed by atoms with E-state index in [0.717, 1.165) is 23.1 Å². The summed E-state index contributed by atoms with van der Waals surface area (Å²) in [6.07, 6.45) is 5.54. The first kappa shape index (κ1) is 15.0. The topological polar surface area (TPSA) is 72.9 Å². The zero-order chi connectivity index (χ0) is 16.4. The first-order valence-corrected chi connectivity index (χ1v) is 8.25. The number of benzene rings is 1. The van der Waals surface area contributed by atoms with E-state index in [2.05, 4.69) is 25.4 Å². The van der Waals surface area contributed by atoms with Gasteiger partial charge in [-0.1, -0.05) is 35.0 Å². The van der Waals surface area contributed by atoms with Crippen LogP contribution in [0.4, 0.5) is 0 Å². The van der Waals surface area contributed by atoms with E-state index >= 15 is 0 Å². The number of aromatic nitrogens is 5. The summed E-state index contributed by atoms with van der Waals surface area (Å²) < 4.78 is 7.15. The molecule has 0 N–H and O–H groups in total. The minimum absolute atomic E-state index is 0.474. The van der Waals surface area contributed by atoms with Crippen molar-refractivity contribution in [2.45, 2.75) is 38.3 Å². The second-order valence-corrected chi connectivity index (χ2v) is 6.34. The highest BCUT2D eigenvalue weighted by Gasteiger charge is 2.25. The third-order valence-corrected chi connectivity index (χ3v) is 4.34. The van der Waals surface area contributed by atoms with Gasteiger partial charge < -0.3 is 4.52 Å². The number of hydrogen-bond acceptors (Lipinski definition) is 6. The molecule has 1 aliphatic carbocycles. The summed E-state index contributed by atoms with van der Waals surface area (Å²) in [5.41, 5.74) is 1.91. The Labute approximate surface area is 140 Å². The summed E-state index contributed by atoms with van der Waals surface area (Å²) in [6.45, 7) is 1.31. The molecule has 0 atom stereocenters. The van der Waals surface area contributed by atoms with E-state index in [9.17, 15) is 0 Å². The van der Waals surface area contributed by atoms with Crippen LogP contribution in [0.1, 0.15) is 42.6 Å². The average molecular weight is 324 g/mol. The Morgan fingerprint density at radius 2 is 2.04 bits per heavy atom. The first-order chi connectivity index (χ1) is 11.8. The zero-order valence-corrected chi connectivity index (χ0v) is 13.7. The molecule has 1 aliphatic rings. The highest BCUT2D eigenvalue weighted by molar-refractivity contribution is 5.29. The second-order valence-electron chi connectivity index (χ2n) is 6.34. The fourth-order valence-corrected chi connectivity index (χ4v) is 2.80. The van der Waals surface area contributed by atoms with Crippen molar-refractivity contribution in [3.8, 4) is 5.69 Å². The van der Waals surface area contributed by atoms with Gasteiger partial charge in [0.15, 0.2) is 5.82 Å². The summed E-state index contributed by atoms with van der Waals surface area (Å²) in [4.78, 5) is 6.61. The molecule has 24 heavy (non-hydrogen) atoms. The molecule has 1 fully saturated rings. The molecule has 0 saturated heterocycles. The predicted molar refractivity (Wildman–Crippen MR) is 87.4 cm³/mol. The van der Waals surface area contributed by atoms with Crippen LogP contribution in [0.25, 0.3) is 5.69 Å². The van der Waals surface area contributed by atoms with Crippen LogP contribution in [0.5, 0.6) is 0 Å². The van der Waals surface area contributed by atoms with Gasteiger partial charge >= 0.3 is 0 Å². The summed E-state index contributed by atoms with van der Waals surface area (Å²) in [5, 5.41) is 12.5. The van der Waals surface area contributed by atoms with Gasteiger partial charge in [-0.15, -0.1) is 5.10 Å². The molecule has 3 aromatic rings. The fraction of sp³-hybridized carbons (Fsp3) is 0.412. The molecular formula is C17H20N6O. The molecule has 1 saturated carbocycles. The second kappa shape index (κ2) is 6.52. The Hall–Kier alpha value is -2.54. The maximum atomic E-state index is 5.36. The minimum atomic E-state index is 0.474. The monoisotopic (exact) mass is 324 g/mol. The van der Waals surface area contributed by atoms with Crippen molar-refractivity contribution in [3.05, 3.63) is 53.9 Å². The Bertz CT molecular complexity index is 792. The molecule has 7 nitrogen and oxygen atoms in total. The van der Waals surface area contributed by atoms with Crippen molar-refractivity contribution in [2.75, 3.05) is 7.05 Å². The summed E-state index contributed by atoms with van der Waals surface area (Å²) >= 11 is 0. The normalized spacial score (nSPS) is 14.9. The lowest BCUT2D eigenvalue weighted by Gasteiger charge is -2.20. The summed E-state index contributed by atoms with van der Waals surface area (Å²) in [6, 6.07) is 9.96. The van der Waals surface area contributed by atoms with Crippen LogP contribution in [-0.4, -0.2) is 37.1 Å². The van der Waals surface area contributed by atoms with Gasteiger partial charge in [0.05, 0.1) is 24.1 Å². The van der Waals surface area contributed by atoms with Crippen LogP contribution in [-0.2, 0) is 13.1 Å². The highest BCUT2D eigenvalue weighted by atomic mass is 16.5. The predicted octanol–water partition coefficient (Wildman–Crippen LogP) is 2.55. The van der Waals surface area contributed by atoms with Crippen molar-refractivity contribution >= 4 is 0 Å². The molecule has 4 rings (SSSR count). The average Bonchev–Trinajstić information content (AvgIpc) is 3.16. The Morgan fingerprint density at radius 3 is 2.79 bits per heavy atom. The molecule has 0 amide bonds. The molecule has 0 spiro atoms. The lowest BCUT2D eigenvalue weighted by atomic mass is 9.85. The van der Waals surface area contributed by atoms with Crippen molar-refractivity contribution in [2.24, 2.45) is 0 Å². The van der Waals surface area contributed by atoms with E-state index in [1.54, 1.807) is 4.68 Å². The van der Waals surface area contributed by atoms with Crippen molar-refractivity contribution in [3.63, 3.8) is 0 Å². The van der Waals surface area contributed by atoms with Crippen LogP contribution >= 0.6 is 0 Å². The molecule has 0 aliphatic heterocycles. The largest absolute Gasteiger partial charge is 0.339 e. The summed E-state index contributed by atoms with van der Waals surface area (Å²) in [5.74, 6) is 2.00. The SMILES string of the molecule is CN(Cc1cn(-c2ccccc2)nn1)Cc1noc(C2CCC2)n1. The molecule has 124 valence electrons. The van der Waals surface area contributed by atoms with Crippen molar-refractivity contribution in [1.29, 1.82) is 0 Å². The van der Waals surface area contributed by atoms with E-state index in [0.29, 0.717) is 19.0 Å². The number of nitrogens with zero attached hydrogens (tertiary/aromatic N) is 6. The third-order valence-electron chi connectivity index (χ3n) is 4.34. The quantitative estimate of drug-likeness (QED) is 0.694. The number of rotatable bonds is 6. The zero-order valence-electron chi connectivity index (χ0n) is 13.7. The maximum absolute atomic E-state index is 5.36. The van der Waals surface area contributed by atoms with E-state index in [1.165, 1.54) is 19.3 Å². The lowest BCUT2D eigenvalue weighted by Crippen LogP contribution is -2.18. The molecule has 7 heteroatoms. The highest BCUT2D eigenvalue weighted by Crippen LogP contribution is 2.35. The van der Waals surface area contributed by atoms with Crippen LogP contribution in [0.2, 0.25) is 0 Å². The van der Waals surface area contributed by atoms with Crippen LogP contribution in [0, 0.1) is 0 Å². The Balaban J connectivity index is 1.36. The molecule has 0 bridgehead atoms. The van der Waals surface area contributed by atoms with Crippen LogP contribution in [0.15, 0.2) is 41.1 Å². The van der Waals surface area contributed by atoms with Gasteiger partial charge in [0.25, 0.3) is 0 Å². The minimum Gasteiger partial charge on any atom is -0.339 e. The molecule has 2 heterocycles. The van der Waals surface area contributed by atoms with Crippen LogP contribution in [0.3, 0.4) is 0 Å². The molecule has 1 aromatic carbocycles. The van der Waals surface area contributed by atoms with E-state index in [1.807, 2.05) is 43.6 Å². The van der Waals surface area contributed by atoms with Gasteiger partial charge in [0.1, 0.15) is 0 Å². The standard InChI is InChI=1S/C17H20N6O/c1-22(12-16-18-17(24-20-16)13-6-5-7-13)10-14-11-23(21-19-14)15-8-3-2-4-9-15/h2-4,8-9,11,13H,5-7,10,12H2,1H3. The molecule has 0 unspecified atom stereocenters. The van der Waals surface area contributed by atoms with E-state index in [-0.39, 0.29) is 0 Å². The number of hydrogen-bond donors (Lipinski definition) is 0. The van der Waals surface area contributed by atoms with E-state index in [4.69, 9.17) is 4.52 Å². The van der Waals surface area contributed by atoms with Crippen molar-refractivity contribution < 1.29 is 4.52 Å². The first-order valence-electron chi connectivity index (χ1n) is 8.25. The van der Waals surface area contributed by atoms with Gasteiger partial charge in [-0.3, -0.25) is 4.90 Å². The van der Waals surface area contributed by atoms with Gasteiger partial charge in [0, 0.05) is 12.5 Å². The maximum Gasteiger partial charge on any atom is 0.229 e. The van der Waals surface area contributed by atoms with E-state index < -0.39 is 0 Å². The van der Waals surface area contributed by atoms with Crippen molar-refractivity contribution in [1.82, 2.24) is 30.0 Å². The summed E-state index contributed by atoms with van der Waals surface area (Å²) in [7, 11) is 2.01. The fourth-order valence-electron chi connectivity index (χ4n) is 2.80. The van der Waals surface area contributed by atoms with Crippen LogP contribution < -0.4 is 0 Å². The van der Waals surface area contributed by atoms with Gasteiger partial charge in [0.2, 0.25) is 5.89 Å².